The van der Waals surface area contributed by atoms with Crippen molar-refractivity contribution in [2.45, 2.75) is 25.3 Å². The number of nitriles is 1. The van der Waals surface area contributed by atoms with Crippen LogP contribution in [0.2, 0.25) is 0 Å². The van der Waals surface area contributed by atoms with Gasteiger partial charge in [-0.15, -0.1) is 0 Å². The number of para-hydroxylation sites is 1. The summed E-state index contributed by atoms with van der Waals surface area (Å²) < 4.78 is 0. The first kappa shape index (κ1) is 20.6. The molecule has 2 aromatic carbocycles. The molecule has 1 saturated heterocycles. The molecular formula is C23H26N4O2. The maximum absolute atomic E-state index is 12.9. The largest absolute Gasteiger partial charge is 0.349 e. The molecule has 2 amide bonds. The Hall–Kier alpha value is -3.17. The highest BCUT2D eigenvalue weighted by Crippen LogP contribution is 2.16. The van der Waals surface area contributed by atoms with E-state index in [0.717, 1.165) is 31.6 Å². The first-order chi connectivity index (χ1) is 14.2. The number of amides is 2. The first-order valence-corrected chi connectivity index (χ1v) is 9.98. The van der Waals surface area contributed by atoms with Crippen LogP contribution in [0.3, 0.4) is 0 Å². The van der Waals surface area contributed by atoms with Gasteiger partial charge in [-0.3, -0.25) is 14.5 Å². The second-order valence-electron chi connectivity index (χ2n) is 7.18. The van der Waals surface area contributed by atoms with Gasteiger partial charge in [0.15, 0.2) is 0 Å². The molecule has 0 unspecified atom stereocenters. The highest BCUT2D eigenvalue weighted by atomic mass is 16.2. The number of anilines is 1. The van der Waals surface area contributed by atoms with Crippen LogP contribution >= 0.6 is 0 Å². The van der Waals surface area contributed by atoms with E-state index in [4.69, 9.17) is 5.26 Å². The summed E-state index contributed by atoms with van der Waals surface area (Å²) in [7, 11) is 0. The van der Waals surface area contributed by atoms with E-state index in [9.17, 15) is 9.59 Å². The van der Waals surface area contributed by atoms with Crippen molar-refractivity contribution in [1.29, 1.82) is 5.26 Å². The van der Waals surface area contributed by atoms with Crippen LogP contribution in [-0.4, -0.2) is 48.9 Å². The van der Waals surface area contributed by atoms with Crippen molar-refractivity contribution in [2.24, 2.45) is 0 Å². The average Bonchev–Trinajstić information content (AvgIpc) is 2.77. The summed E-state index contributed by atoms with van der Waals surface area (Å²) in [5, 5.41) is 12.0. The van der Waals surface area contributed by atoms with E-state index in [1.165, 1.54) is 0 Å². The van der Waals surface area contributed by atoms with Gasteiger partial charge in [0, 0.05) is 36.9 Å². The fourth-order valence-electron chi connectivity index (χ4n) is 3.54. The van der Waals surface area contributed by atoms with Crippen molar-refractivity contribution in [2.75, 3.05) is 31.1 Å². The molecular weight excluding hydrogens is 364 g/mol. The molecule has 29 heavy (non-hydrogen) atoms. The maximum Gasteiger partial charge on any atom is 0.251 e. The van der Waals surface area contributed by atoms with Crippen LogP contribution in [0.15, 0.2) is 60.7 Å². The van der Waals surface area contributed by atoms with E-state index in [1.54, 1.807) is 4.90 Å². The summed E-state index contributed by atoms with van der Waals surface area (Å²) in [6, 6.07) is 20.9. The summed E-state index contributed by atoms with van der Waals surface area (Å²) in [4.78, 5) is 29.0. The molecule has 1 heterocycles. The summed E-state index contributed by atoms with van der Waals surface area (Å²) >= 11 is 0. The number of likely N-dealkylation sites (tertiary alicyclic amines) is 1. The van der Waals surface area contributed by atoms with E-state index in [2.05, 4.69) is 16.3 Å². The molecule has 1 fully saturated rings. The number of rotatable bonds is 7. The third-order valence-electron chi connectivity index (χ3n) is 5.13. The molecule has 0 radical (unpaired) electrons. The summed E-state index contributed by atoms with van der Waals surface area (Å²) in [5.41, 5.74) is 1.49. The fourth-order valence-corrected chi connectivity index (χ4v) is 3.54. The highest BCUT2D eigenvalue weighted by Gasteiger charge is 2.24. The zero-order valence-electron chi connectivity index (χ0n) is 16.5. The zero-order chi connectivity index (χ0) is 20.5. The molecule has 3 rings (SSSR count). The average molecular weight is 390 g/mol. The van der Waals surface area contributed by atoms with Crippen LogP contribution in [0.1, 0.15) is 29.6 Å². The Labute approximate surface area is 171 Å². The Morgan fingerprint density at radius 3 is 2.28 bits per heavy atom. The Kier molecular flexibility index (Phi) is 7.37. The summed E-state index contributed by atoms with van der Waals surface area (Å²) in [6.45, 7) is 2.22. The first-order valence-electron chi connectivity index (χ1n) is 9.98. The smallest absolute Gasteiger partial charge is 0.251 e. The van der Waals surface area contributed by atoms with Crippen molar-refractivity contribution in [3.8, 4) is 6.07 Å². The van der Waals surface area contributed by atoms with Crippen LogP contribution in [0, 0.1) is 11.3 Å². The second-order valence-corrected chi connectivity index (χ2v) is 7.18. The maximum atomic E-state index is 12.9. The van der Waals surface area contributed by atoms with Crippen molar-refractivity contribution >= 4 is 17.5 Å². The molecule has 0 aromatic heterocycles. The van der Waals surface area contributed by atoms with Crippen molar-refractivity contribution < 1.29 is 9.59 Å². The number of carbonyl (C=O) groups is 2. The van der Waals surface area contributed by atoms with Gasteiger partial charge >= 0.3 is 0 Å². The van der Waals surface area contributed by atoms with Gasteiger partial charge in [-0.2, -0.15) is 5.26 Å². The van der Waals surface area contributed by atoms with Gasteiger partial charge < -0.3 is 10.2 Å². The van der Waals surface area contributed by atoms with Gasteiger partial charge in [-0.05, 0) is 37.1 Å². The Morgan fingerprint density at radius 1 is 1.03 bits per heavy atom. The molecule has 1 N–H and O–H groups in total. The number of nitrogens with one attached hydrogen (secondary N) is 1. The molecule has 6 heteroatoms. The molecule has 0 spiro atoms. The van der Waals surface area contributed by atoms with Crippen LogP contribution in [0.5, 0.6) is 0 Å². The lowest BCUT2D eigenvalue weighted by molar-refractivity contribution is -0.120. The standard InChI is InChI=1S/C23H26N4O2/c24-14-7-15-27(21-10-5-2-6-11-21)22(28)18-26-16-12-20(13-17-26)25-23(29)19-8-3-1-4-9-19/h1-6,8-11,20H,7,12-13,15-18H2,(H,25,29). The van der Waals surface area contributed by atoms with Crippen molar-refractivity contribution in [1.82, 2.24) is 10.2 Å². The van der Waals surface area contributed by atoms with Crippen LogP contribution in [-0.2, 0) is 4.79 Å². The van der Waals surface area contributed by atoms with Crippen LogP contribution in [0.25, 0.3) is 0 Å². The van der Waals surface area contributed by atoms with E-state index in [0.29, 0.717) is 25.1 Å². The number of hydrogen-bond donors (Lipinski definition) is 1. The van der Waals surface area contributed by atoms with E-state index in [-0.39, 0.29) is 17.9 Å². The lowest BCUT2D eigenvalue weighted by atomic mass is 10.0. The molecule has 0 aliphatic carbocycles. The number of benzene rings is 2. The molecule has 0 saturated carbocycles. The Balaban J connectivity index is 1.50. The van der Waals surface area contributed by atoms with Gasteiger partial charge in [-0.1, -0.05) is 36.4 Å². The zero-order valence-corrected chi connectivity index (χ0v) is 16.5. The number of nitrogens with zero attached hydrogens (tertiary/aromatic N) is 3. The Bertz CT molecular complexity index is 840. The van der Waals surface area contributed by atoms with Crippen molar-refractivity contribution in [3.05, 3.63) is 66.2 Å². The van der Waals surface area contributed by atoms with Gasteiger partial charge in [0.2, 0.25) is 5.91 Å². The highest BCUT2D eigenvalue weighted by molar-refractivity contribution is 5.95. The van der Waals surface area contributed by atoms with Gasteiger partial charge in [0.25, 0.3) is 5.91 Å². The SMILES string of the molecule is N#CCCN(C(=O)CN1CCC(NC(=O)c2ccccc2)CC1)c1ccccc1. The van der Waals surface area contributed by atoms with Crippen LogP contribution in [0.4, 0.5) is 5.69 Å². The normalized spacial score (nSPS) is 14.7. The predicted molar refractivity (Wildman–Crippen MR) is 112 cm³/mol. The molecule has 1 aliphatic rings. The molecule has 150 valence electrons. The number of carbonyl (C=O) groups excluding carboxylic acids is 2. The molecule has 2 aromatic rings. The molecule has 1 aliphatic heterocycles. The van der Waals surface area contributed by atoms with Crippen LogP contribution < -0.4 is 10.2 Å². The third kappa shape index (κ3) is 5.90. The Morgan fingerprint density at radius 2 is 1.66 bits per heavy atom. The number of hydrogen-bond acceptors (Lipinski definition) is 4. The monoisotopic (exact) mass is 390 g/mol. The minimum atomic E-state index is -0.0492. The summed E-state index contributed by atoms with van der Waals surface area (Å²) in [5.74, 6) is -0.0508. The minimum absolute atomic E-state index is 0.00165. The lowest BCUT2D eigenvalue weighted by Gasteiger charge is -2.33. The minimum Gasteiger partial charge on any atom is -0.349 e. The van der Waals surface area contributed by atoms with Gasteiger partial charge in [-0.25, -0.2) is 0 Å². The second kappa shape index (κ2) is 10.4. The van der Waals surface area contributed by atoms with E-state index < -0.39 is 0 Å². The molecule has 6 nitrogen and oxygen atoms in total. The fraction of sp³-hybridized carbons (Fsp3) is 0.348. The van der Waals surface area contributed by atoms with Crippen molar-refractivity contribution in [3.63, 3.8) is 0 Å². The molecule has 0 atom stereocenters. The van der Waals surface area contributed by atoms with E-state index in [1.807, 2.05) is 60.7 Å². The van der Waals surface area contributed by atoms with Gasteiger partial charge in [0.1, 0.15) is 0 Å². The van der Waals surface area contributed by atoms with Gasteiger partial charge in [0.05, 0.1) is 19.0 Å². The molecule has 0 bridgehead atoms. The quantitative estimate of drug-likeness (QED) is 0.789. The third-order valence-corrected chi connectivity index (χ3v) is 5.13. The number of piperidine rings is 1. The summed E-state index contributed by atoms with van der Waals surface area (Å²) in [6.07, 6.45) is 1.93. The van der Waals surface area contributed by atoms with E-state index >= 15 is 0 Å². The lowest BCUT2D eigenvalue weighted by Crippen LogP contribution is -2.48. The predicted octanol–water partition coefficient (Wildman–Crippen LogP) is 2.83. The topological polar surface area (TPSA) is 76.4 Å².